The zero-order chi connectivity index (χ0) is 62.1. The van der Waals surface area contributed by atoms with E-state index in [0.29, 0.717) is 23.9 Å². The number of nitrogens with one attached hydrogen (secondary N) is 1. The summed E-state index contributed by atoms with van der Waals surface area (Å²) >= 11 is 0. The van der Waals surface area contributed by atoms with Crippen LogP contribution in [0.4, 0.5) is 0 Å². The first-order valence-electron chi connectivity index (χ1n) is 35.5. The molecule has 1 amide bonds. The van der Waals surface area contributed by atoms with Crippen LogP contribution in [0.2, 0.25) is 0 Å². The Labute approximate surface area is 526 Å². The number of phosphoric ester groups is 1. The number of phosphoric acid groups is 1. The Bertz CT molecular complexity index is 1780. The molecular formula is C75H135N2O7P. The number of carbonyl (C=O) groups is 2. The molecule has 0 aliphatic carbocycles. The molecule has 10 heteroatoms. The zero-order valence-corrected chi connectivity index (χ0v) is 57.2. The lowest BCUT2D eigenvalue weighted by Gasteiger charge is -2.30. The zero-order valence-electron chi connectivity index (χ0n) is 56.3. The van der Waals surface area contributed by atoms with Gasteiger partial charge in [0, 0.05) is 12.8 Å². The van der Waals surface area contributed by atoms with Gasteiger partial charge in [-0.25, -0.2) is 0 Å². The van der Waals surface area contributed by atoms with E-state index in [4.69, 9.17) is 13.8 Å². The third-order valence-electron chi connectivity index (χ3n) is 15.5. The SMILES string of the molecule is CC/C=C\C/C=C\C/C=C\C/C=C\C/C=C\CCCCCCCC(=O)NC(COP(=O)([O-])OCC[N+](C)(C)C)C(/C=C/CCCCCCCCCCCCC)OC(=O)CCCCCCCCCCCCCCCCC/C=C\C/C=C\CCCCC. The van der Waals surface area contributed by atoms with Crippen molar-refractivity contribution in [1.82, 2.24) is 5.32 Å². The van der Waals surface area contributed by atoms with Gasteiger partial charge in [0.2, 0.25) is 5.91 Å². The molecule has 9 nitrogen and oxygen atoms in total. The second-order valence-corrected chi connectivity index (χ2v) is 26.4. The lowest BCUT2D eigenvalue weighted by molar-refractivity contribution is -0.870. The Morgan fingerprint density at radius 3 is 1.15 bits per heavy atom. The van der Waals surface area contributed by atoms with E-state index in [1.807, 2.05) is 33.3 Å². The first-order chi connectivity index (χ1) is 41.4. The molecule has 0 radical (unpaired) electrons. The summed E-state index contributed by atoms with van der Waals surface area (Å²) in [5, 5.41) is 3.03. The molecule has 3 atom stereocenters. The molecule has 0 aromatic rings. The Balaban J connectivity index is 5.13. The summed E-state index contributed by atoms with van der Waals surface area (Å²) in [6.45, 7) is 6.72. The average molecular weight is 1210 g/mol. The minimum Gasteiger partial charge on any atom is -0.756 e. The van der Waals surface area contributed by atoms with Crippen LogP contribution in [0.15, 0.2) is 97.2 Å². The van der Waals surface area contributed by atoms with Crippen molar-refractivity contribution >= 4 is 19.7 Å². The van der Waals surface area contributed by atoms with Gasteiger partial charge in [0.05, 0.1) is 33.8 Å². The third kappa shape index (κ3) is 65.2. The highest BCUT2D eigenvalue weighted by Gasteiger charge is 2.27. The second kappa shape index (κ2) is 63.9. The second-order valence-electron chi connectivity index (χ2n) is 25.0. The summed E-state index contributed by atoms with van der Waals surface area (Å²) in [7, 11) is 1.17. The maximum Gasteiger partial charge on any atom is 0.306 e. The van der Waals surface area contributed by atoms with E-state index < -0.39 is 26.6 Å². The molecule has 0 aliphatic rings. The summed E-state index contributed by atoms with van der Waals surface area (Å²) in [6, 6.07) is -0.905. The number of hydrogen-bond donors (Lipinski definition) is 1. The van der Waals surface area contributed by atoms with Crippen LogP contribution in [-0.4, -0.2) is 69.4 Å². The summed E-state index contributed by atoms with van der Waals surface area (Å²) in [5.74, 6) is -0.558. The van der Waals surface area contributed by atoms with E-state index in [0.717, 1.165) is 109 Å². The summed E-state index contributed by atoms with van der Waals surface area (Å²) in [4.78, 5) is 40.2. The minimum absolute atomic E-state index is 0.0297. The van der Waals surface area contributed by atoms with Gasteiger partial charge in [0.25, 0.3) is 7.82 Å². The van der Waals surface area contributed by atoms with Crippen LogP contribution in [0.3, 0.4) is 0 Å². The maximum absolute atomic E-state index is 13.6. The van der Waals surface area contributed by atoms with Crippen LogP contribution in [0.25, 0.3) is 0 Å². The van der Waals surface area contributed by atoms with Crippen molar-refractivity contribution in [2.45, 2.75) is 328 Å². The van der Waals surface area contributed by atoms with Crippen molar-refractivity contribution in [2.24, 2.45) is 0 Å². The van der Waals surface area contributed by atoms with Crippen molar-refractivity contribution in [3.8, 4) is 0 Å². The van der Waals surface area contributed by atoms with E-state index in [-0.39, 0.29) is 24.9 Å². The van der Waals surface area contributed by atoms with Gasteiger partial charge in [0.15, 0.2) is 0 Å². The molecule has 85 heavy (non-hydrogen) atoms. The number of esters is 1. The molecular weight excluding hydrogens is 1070 g/mol. The lowest BCUT2D eigenvalue weighted by atomic mass is 10.0. The highest BCUT2D eigenvalue weighted by molar-refractivity contribution is 7.45. The molecule has 0 saturated carbocycles. The first-order valence-corrected chi connectivity index (χ1v) is 37.0. The highest BCUT2D eigenvalue weighted by Crippen LogP contribution is 2.38. The molecule has 1 N–H and O–H groups in total. The van der Waals surface area contributed by atoms with Crippen LogP contribution >= 0.6 is 7.82 Å². The number of amides is 1. The van der Waals surface area contributed by atoms with Crippen molar-refractivity contribution < 1.29 is 37.3 Å². The number of allylic oxidation sites excluding steroid dienone is 15. The van der Waals surface area contributed by atoms with E-state index in [2.05, 4.69) is 111 Å². The Kier molecular flexibility index (Phi) is 61.6. The van der Waals surface area contributed by atoms with E-state index in [1.54, 1.807) is 0 Å². The number of carbonyl (C=O) groups excluding carboxylic acids is 2. The van der Waals surface area contributed by atoms with Gasteiger partial charge in [-0.1, -0.05) is 292 Å². The minimum atomic E-state index is -4.72. The number of unbranched alkanes of at least 4 members (excludes halogenated alkanes) is 34. The van der Waals surface area contributed by atoms with Crippen LogP contribution < -0.4 is 10.2 Å². The number of hydrogen-bond acceptors (Lipinski definition) is 7. The van der Waals surface area contributed by atoms with Gasteiger partial charge in [-0.15, -0.1) is 0 Å². The Hall–Kier alpha value is -3.07. The molecule has 0 heterocycles. The number of ether oxygens (including phenoxy) is 1. The molecule has 0 aliphatic heterocycles. The first kappa shape index (κ1) is 81.9. The summed E-state index contributed by atoms with van der Waals surface area (Å²) in [5.41, 5.74) is 0. The van der Waals surface area contributed by atoms with Gasteiger partial charge in [-0.05, 0) is 109 Å². The quantitative estimate of drug-likeness (QED) is 0.0212. The van der Waals surface area contributed by atoms with Crippen LogP contribution in [0, 0.1) is 0 Å². The van der Waals surface area contributed by atoms with Gasteiger partial charge < -0.3 is 28.5 Å². The Morgan fingerprint density at radius 1 is 0.424 bits per heavy atom. The highest BCUT2D eigenvalue weighted by atomic mass is 31.2. The maximum atomic E-state index is 13.6. The van der Waals surface area contributed by atoms with Crippen LogP contribution in [0.5, 0.6) is 0 Å². The monoisotopic (exact) mass is 1210 g/mol. The molecule has 492 valence electrons. The number of quaternary nitrogens is 1. The fourth-order valence-corrected chi connectivity index (χ4v) is 10.8. The molecule has 0 spiro atoms. The fourth-order valence-electron chi connectivity index (χ4n) is 10.1. The summed E-state index contributed by atoms with van der Waals surface area (Å²) in [6.07, 6.45) is 86.7. The topological polar surface area (TPSA) is 114 Å². The van der Waals surface area contributed by atoms with E-state index in [9.17, 15) is 19.0 Å². The predicted octanol–water partition coefficient (Wildman–Crippen LogP) is 22.0. The molecule has 0 aromatic carbocycles. The standard InChI is InChI=1S/C75H135N2O7P/c1-7-10-13-16-19-22-25-28-30-32-34-36-37-38-39-41-43-45-47-50-53-56-59-62-65-68-75(79)84-73(66-63-60-57-54-51-48-27-24-21-18-15-12-9-3)72(71-83-85(80,81)82-70-69-77(4,5)6)76-74(78)67-64-61-58-55-52-49-46-44-42-40-35-33-31-29-26-23-20-17-14-11-8-2/h11,14,19-20,22-23,28-31,35,40,44,46,63,66,72-73H,7-10,12-13,15-18,21,24-27,32-34,36-39,41-43,45,47-62,64-65,67-71H2,1-6H3,(H-,76,78,80,81)/b14-11-,22-19-,23-20-,30-28-,31-29-,40-35-,46-44-,66-63+. The van der Waals surface area contributed by atoms with Crippen molar-refractivity contribution in [2.75, 3.05) is 40.9 Å². The van der Waals surface area contributed by atoms with Gasteiger partial charge in [-0.2, -0.15) is 0 Å². The molecule has 3 unspecified atom stereocenters. The van der Waals surface area contributed by atoms with Gasteiger partial charge >= 0.3 is 5.97 Å². The smallest absolute Gasteiger partial charge is 0.306 e. The van der Waals surface area contributed by atoms with Crippen LogP contribution in [0.1, 0.15) is 316 Å². The van der Waals surface area contributed by atoms with E-state index in [1.165, 1.54) is 167 Å². The normalized spacial score (nSPS) is 14.1. The number of nitrogens with zero attached hydrogens (tertiary/aromatic N) is 1. The largest absolute Gasteiger partial charge is 0.756 e. The van der Waals surface area contributed by atoms with Crippen molar-refractivity contribution in [3.63, 3.8) is 0 Å². The average Bonchev–Trinajstić information content (AvgIpc) is 3.50. The predicted molar refractivity (Wildman–Crippen MR) is 367 cm³/mol. The number of likely N-dealkylation sites (N-methyl/N-ethyl adjacent to an activating group) is 1. The van der Waals surface area contributed by atoms with Crippen molar-refractivity contribution in [3.05, 3.63) is 97.2 Å². The summed E-state index contributed by atoms with van der Waals surface area (Å²) < 4.78 is 30.5. The molecule has 0 rings (SSSR count). The molecule has 0 fully saturated rings. The lowest BCUT2D eigenvalue weighted by Crippen LogP contribution is -2.47. The Morgan fingerprint density at radius 2 is 0.753 bits per heavy atom. The van der Waals surface area contributed by atoms with Crippen molar-refractivity contribution in [1.29, 1.82) is 0 Å². The van der Waals surface area contributed by atoms with Crippen LogP contribution in [-0.2, 0) is 27.9 Å². The van der Waals surface area contributed by atoms with Gasteiger partial charge in [0.1, 0.15) is 19.3 Å². The van der Waals surface area contributed by atoms with E-state index >= 15 is 0 Å². The molecule has 0 bridgehead atoms. The fraction of sp³-hybridized carbons (Fsp3) is 0.760. The third-order valence-corrected chi connectivity index (χ3v) is 16.5. The number of rotatable bonds is 64. The van der Waals surface area contributed by atoms with Gasteiger partial charge in [-0.3, -0.25) is 14.2 Å². The molecule has 0 saturated heterocycles. The molecule has 0 aromatic heterocycles.